The van der Waals surface area contributed by atoms with Gasteiger partial charge in [0.1, 0.15) is 11.9 Å². The third kappa shape index (κ3) is 3.41. The average Bonchev–Trinajstić information content (AvgIpc) is 2.24. The molecule has 1 aromatic rings. The maximum atomic E-state index is 9.28. The highest BCUT2D eigenvalue weighted by Gasteiger charge is 2.12. The number of nitriles is 1. The van der Waals surface area contributed by atoms with Gasteiger partial charge in [0.2, 0.25) is 0 Å². The topological polar surface area (TPSA) is 95.0 Å². The summed E-state index contributed by atoms with van der Waals surface area (Å²) in [6.07, 6.45) is -0.598. The number of rotatable bonds is 4. The van der Waals surface area contributed by atoms with Crippen LogP contribution in [-0.2, 0) is 0 Å². The number of aromatic nitrogens is 1. The van der Waals surface area contributed by atoms with Crippen molar-refractivity contribution >= 4 is 5.82 Å². The fourth-order valence-corrected chi connectivity index (χ4v) is 1.49. The lowest BCUT2D eigenvalue weighted by molar-refractivity contribution is 0.168. The molecule has 5 heteroatoms. The Morgan fingerprint density at radius 3 is 2.76 bits per heavy atom. The molecule has 0 aliphatic rings. The zero-order valence-corrected chi connectivity index (χ0v) is 10.4. The highest BCUT2D eigenvalue weighted by molar-refractivity contribution is 5.56. The largest absolute Gasteiger partial charge is 0.392 e. The summed E-state index contributed by atoms with van der Waals surface area (Å²) in [7, 11) is 0. The van der Waals surface area contributed by atoms with Gasteiger partial charge in [-0.25, -0.2) is 4.98 Å². The van der Waals surface area contributed by atoms with Crippen molar-refractivity contribution in [3.8, 4) is 6.07 Å². The van der Waals surface area contributed by atoms with E-state index < -0.39 is 6.10 Å². The molecule has 0 bridgehead atoms. The molecule has 0 fully saturated rings. The number of nitrogens with one attached hydrogen (secondary N) is 1. The first-order chi connectivity index (χ1) is 7.95. The summed E-state index contributed by atoms with van der Waals surface area (Å²) >= 11 is 0. The number of pyridine rings is 1. The number of nitrogens with zero attached hydrogens (tertiary/aromatic N) is 2. The van der Waals surface area contributed by atoms with E-state index in [0.29, 0.717) is 17.9 Å². The van der Waals surface area contributed by atoms with E-state index in [9.17, 15) is 5.11 Å². The van der Waals surface area contributed by atoms with Crippen molar-refractivity contribution < 1.29 is 5.11 Å². The van der Waals surface area contributed by atoms with Gasteiger partial charge in [-0.2, -0.15) is 5.26 Å². The predicted molar refractivity (Wildman–Crippen MR) is 66.6 cm³/mol. The van der Waals surface area contributed by atoms with E-state index in [0.717, 1.165) is 11.3 Å². The smallest absolute Gasteiger partial charge is 0.144 e. The standard InChI is InChI=1S/C12H18N4O/c1-7-4-8(2)16-12(10(7)5-13)15-6-11(14)9(3)17/h4,9,11,17H,6,14H2,1-3H3,(H,15,16). The maximum Gasteiger partial charge on any atom is 0.144 e. The summed E-state index contributed by atoms with van der Waals surface area (Å²) in [6, 6.07) is 3.59. The second-order valence-corrected chi connectivity index (χ2v) is 4.20. The first kappa shape index (κ1) is 13.4. The monoisotopic (exact) mass is 234 g/mol. The Labute approximate surface area is 101 Å². The molecule has 1 rings (SSSR count). The van der Waals surface area contributed by atoms with Gasteiger partial charge in [0, 0.05) is 18.3 Å². The molecule has 2 atom stereocenters. The van der Waals surface area contributed by atoms with Gasteiger partial charge in [0.05, 0.1) is 11.7 Å². The van der Waals surface area contributed by atoms with Gasteiger partial charge in [0.25, 0.3) is 0 Å². The molecule has 92 valence electrons. The van der Waals surface area contributed by atoms with Gasteiger partial charge in [-0.05, 0) is 32.4 Å². The van der Waals surface area contributed by atoms with Gasteiger partial charge in [0.15, 0.2) is 0 Å². The fraction of sp³-hybridized carbons (Fsp3) is 0.500. The van der Waals surface area contributed by atoms with Crippen LogP contribution in [0.2, 0.25) is 0 Å². The van der Waals surface area contributed by atoms with Crippen LogP contribution >= 0.6 is 0 Å². The van der Waals surface area contributed by atoms with E-state index >= 15 is 0 Å². The second-order valence-electron chi connectivity index (χ2n) is 4.20. The van der Waals surface area contributed by atoms with Crippen molar-refractivity contribution in [1.82, 2.24) is 4.98 Å². The summed E-state index contributed by atoms with van der Waals surface area (Å²) in [5.74, 6) is 0.529. The lowest BCUT2D eigenvalue weighted by atomic mass is 10.1. The molecule has 1 heterocycles. The molecule has 17 heavy (non-hydrogen) atoms. The molecule has 0 aromatic carbocycles. The molecule has 5 nitrogen and oxygen atoms in total. The van der Waals surface area contributed by atoms with E-state index in [2.05, 4.69) is 16.4 Å². The Balaban J connectivity index is 2.88. The van der Waals surface area contributed by atoms with Crippen molar-refractivity contribution in [2.45, 2.75) is 32.9 Å². The second kappa shape index (κ2) is 5.62. The minimum Gasteiger partial charge on any atom is -0.392 e. The van der Waals surface area contributed by atoms with E-state index in [1.54, 1.807) is 6.92 Å². The molecule has 0 saturated heterocycles. The highest BCUT2D eigenvalue weighted by Crippen LogP contribution is 2.17. The first-order valence-electron chi connectivity index (χ1n) is 5.51. The Morgan fingerprint density at radius 2 is 2.24 bits per heavy atom. The number of hydrogen-bond acceptors (Lipinski definition) is 5. The number of aryl methyl sites for hydroxylation is 2. The van der Waals surface area contributed by atoms with E-state index in [-0.39, 0.29) is 6.04 Å². The summed E-state index contributed by atoms with van der Waals surface area (Å²) < 4.78 is 0. The number of aliphatic hydroxyl groups is 1. The molecular weight excluding hydrogens is 216 g/mol. The number of anilines is 1. The van der Waals surface area contributed by atoms with Crippen LogP contribution in [0.4, 0.5) is 5.82 Å². The van der Waals surface area contributed by atoms with Crippen molar-refractivity contribution in [2.75, 3.05) is 11.9 Å². The third-order valence-corrected chi connectivity index (χ3v) is 2.58. The fourth-order valence-electron chi connectivity index (χ4n) is 1.49. The van der Waals surface area contributed by atoms with Gasteiger partial charge >= 0.3 is 0 Å². The average molecular weight is 234 g/mol. The Hall–Kier alpha value is -1.64. The Bertz CT molecular complexity index is 437. The minimum atomic E-state index is -0.598. The molecule has 0 amide bonds. The highest BCUT2D eigenvalue weighted by atomic mass is 16.3. The molecule has 0 aliphatic heterocycles. The lowest BCUT2D eigenvalue weighted by Gasteiger charge is -2.17. The van der Waals surface area contributed by atoms with Crippen LogP contribution in [0.3, 0.4) is 0 Å². The Morgan fingerprint density at radius 1 is 1.59 bits per heavy atom. The van der Waals surface area contributed by atoms with Crippen LogP contribution in [0.1, 0.15) is 23.7 Å². The molecule has 0 radical (unpaired) electrons. The van der Waals surface area contributed by atoms with Gasteiger partial charge in [-0.1, -0.05) is 0 Å². The first-order valence-corrected chi connectivity index (χ1v) is 5.51. The van der Waals surface area contributed by atoms with Gasteiger partial charge in [-0.3, -0.25) is 0 Å². The molecule has 0 aliphatic carbocycles. The number of aliphatic hydroxyl groups excluding tert-OH is 1. The van der Waals surface area contributed by atoms with Crippen LogP contribution in [0.5, 0.6) is 0 Å². The lowest BCUT2D eigenvalue weighted by Crippen LogP contribution is -2.39. The zero-order chi connectivity index (χ0) is 13.0. The van der Waals surface area contributed by atoms with Crippen molar-refractivity contribution in [3.05, 3.63) is 22.9 Å². The zero-order valence-electron chi connectivity index (χ0n) is 10.4. The molecule has 0 spiro atoms. The van der Waals surface area contributed by atoms with Crippen molar-refractivity contribution in [1.29, 1.82) is 5.26 Å². The SMILES string of the molecule is Cc1cc(C)c(C#N)c(NCC(N)C(C)O)n1. The summed E-state index contributed by atoms with van der Waals surface area (Å²) in [4.78, 5) is 4.27. The van der Waals surface area contributed by atoms with Crippen LogP contribution in [-0.4, -0.2) is 28.8 Å². The van der Waals surface area contributed by atoms with E-state index in [1.807, 2.05) is 19.9 Å². The maximum absolute atomic E-state index is 9.28. The predicted octanol–water partition coefficient (Wildman–Crippen LogP) is 0.690. The van der Waals surface area contributed by atoms with Crippen LogP contribution in [0.25, 0.3) is 0 Å². The minimum absolute atomic E-state index is 0.377. The number of hydrogen-bond donors (Lipinski definition) is 3. The summed E-state index contributed by atoms with van der Waals surface area (Å²) in [5, 5.41) is 21.3. The van der Waals surface area contributed by atoms with E-state index in [1.165, 1.54) is 0 Å². The van der Waals surface area contributed by atoms with Gasteiger partial charge < -0.3 is 16.2 Å². The van der Waals surface area contributed by atoms with E-state index in [4.69, 9.17) is 11.0 Å². The Kier molecular flexibility index (Phi) is 4.44. The summed E-state index contributed by atoms with van der Waals surface area (Å²) in [6.45, 7) is 5.75. The van der Waals surface area contributed by atoms with Gasteiger partial charge in [-0.15, -0.1) is 0 Å². The third-order valence-electron chi connectivity index (χ3n) is 2.58. The van der Waals surface area contributed by atoms with Crippen molar-refractivity contribution in [2.24, 2.45) is 5.73 Å². The molecular formula is C12H18N4O. The van der Waals surface area contributed by atoms with Crippen LogP contribution in [0.15, 0.2) is 6.07 Å². The quantitative estimate of drug-likeness (QED) is 0.712. The number of nitrogens with two attached hydrogens (primary N) is 1. The summed E-state index contributed by atoms with van der Waals surface area (Å²) in [5.41, 5.74) is 7.96. The van der Waals surface area contributed by atoms with Crippen molar-refractivity contribution in [3.63, 3.8) is 0 Å². The molecule has 0 saturated carbocycles. The molecule has 4 N–H and O–H groups in total. The van der Waals surface area contributed by atoms with Crippen LogP contribution in [0, 0.1) is 25.2 Å². The molecule has 1 aromatic heterocycles. The normalized spacial score (nSPS) is 13.9. The van der Waals surface area contributed by atoms with Crippen LogP contribution < -0.4 is 11.1 Å². The molecule has 2 unspecified atom stereocenters.